The van der Waals surface area contributed by atoms with Gasteiger partial charge in [0.15, 0.2) is 0 Å². The van der Waals surface area contributed by atoms with Gasteiger partial charge in [-0.15, -0.1) is 23.5 Å². The van der Waals surface area contributed by atoms with Crippen LogP contribution in [0.4, 0.5) is 11.4 Å². The molecular formula is C26H28N2O4S2. The van der Waals surface area contributed by atoms with E-state index in [0.29, 0.717) is 48.2 Å². The molecule has 0 aliphatic carbocycles. The van der Waals surface area contributed by atoms with Crippen molar-refractivity contribution >= 4 is 46.8 Å². The van der Waals surface area contributed by atoms with Gasteiger partial charge in [-0.05, 0) is 84.7 Å². The number of aromatic carboxylic acids is 2. The van der Waals surface area contributed by atoms with Crippen LogP contribution in [0.25, 0.3) is 0 Å². The van der Waals surface area contributed by atoms with Crippen LogP contribution in [0.1, 0.15) is 44.7 Å². The Morgan fingerprint density at radius 3 is 1.38 bits per heavy atom. The second-order valence-electron chi connectivity index (χ2n) is 7.71. The van der Waals surface area contributed by atoms with Crippen LogP contribution in [0, 0.1) is 0 Å². The molecule has 6 nitrogen and oxygen atoms in total. The van der Waals surface area contributed by atoms with E-state index in [0.717, 1.165) is 21.3 Å². The Morgan fingerprint density at radius 1 is 0.647 bits per heavy atom. The van der Waals surface area contributed by atoms with Gasteiger partial charge < -0.3 is 21.7 Å². The molecule has 3 rings (SSSR count). The fraction of sp³-hybridized carbons (Fsp3) is 0.231. The van der Waals surface area contributed by atoms with Gasteiger partial charge in [0.2, 0.25) is 0 Å². The van der Waals surface area contributed by atoms with Crippen LogP contribution in [0.3, 0.4) is 0 Å². The highest BCUT2D eigenvalue weighted by Crippen LogP contribution is 2.29. The minimum absolute atomic E-state index is 0.171. The van der Waals surface area contributed by atoms with Gasteiger partial charge in [-0.25, -0.2) is 9.59 Å². The molecule has 0 radical (unpaired) electrons. The normalized spacial score (nSPS) is 10.8. The highest BCUT2D eigenvalue weighted by atomic mass is 32.2. The summed E-state index contributed by atoms with van der Waals surface area (Å²) < 4.78 is 0. The van der Waals surface area contributed by atoms with Crippen LogP contribution < -0.4 is 11.5 Å². The standard InChI is InChI=1S/C26H28N2O4S2/c27-21-9-1-3-11-23(21)33-15-5-7-17-18(20(26(31)32)14-13-19(17)25(29)30)8-6-16-34-24-12-4-2-10-22(24)28/h1-4,9-14H,5-8,15-16,27-28H2,(H,29,30)(H,31,32). The van der Waals surface area contributed by atoms with Gasteiger partial charge in [-0.1, -0.05) is 24.3 Å². The zero-order valence-corrected chi connectivity index (χ0v) is 20.3. The average molecular weight is 497 g/mol. The summed E-state index contributed by atoms with van der Waals surface area (Å²) in [4.78, 5) is 25.8. The first-order valence-corrected chi connectivity index (χ1v) is 12.9. The maximum Gasteiger partial charge on any atom is 0.335 e. The molecule has 0 heterocycles. The third kappa shape index (κ3) is 6.71. The van der Waals surface area contributed by atoms with Crippen LogP contribution in [0.5, 0.6) is 0 Å². The first-order valence-electron chi connectivity index (χ1n) is 10.9. The number of nitrogen functional groups attached to an aromatic ring is 2. The fourth-order valence-corrected chi connectivity index (χ4v) is 5.59. The molecule has 8 heteroatoms. The first kappa shape index (κ1) is 25.5. The summed E-state index contributed by atoms with van der Waals surface area (Å²) in [5, 5.41) is 19.5. The summed E-state index contributed by atoms with van der Waals surface area (Å²) in [7, 11) is 0. The highest BCUT2D eigenvalue weighted by Gasteiger charge is 2.20. The Kier molecular flexibility index (Phi) is 9.30. The number of rotatable bonds is 12. The number of carbonyl (C=O) groups is 2. The third-order valence-corrected chi connectivity index (χ3v) is 7.74. The van der Waals surface area contributed by atoms with Crippen molar-refractivity contribution in [1.29, 1.82) is 0 Å². The Morgan fingerprint density at radius 2 is 1.03 bits per heavy atom. The van der Waals surface area contributed by atoms with Crippen molar-refractivity contribution in [2.75, 3.05) is 23.0 Å². The van der Waals surface area contributed by atoms with Gasteiger partial charge in [0.05, 0.1) is 11.1 Å². The smallest absolute Gasteiger partial charge is 0.335 e. The molecule has 0 amide bonds. The molecule has 0 unspecified atom stereocenters. The van der Waals surface area contributed by atoms with E-state index in [2.05, 4.69) is 0 Å². The van der Waals surface area contributed by atoms with Gasteiger partial charge in [0, 0.05) is 21.2 Å². The van der Waals surface area contributed by atoms with Crippen LogP contribution in [-0.2, 0) is 12.8 Å². The zero-order chi connectivity index (χ0) is 24.5. The molecule has 0 spiro atoms. The minimum Gasteiger partial charge on any atom is -0.478 e. The van der Waals surface area contributed by atoms with E-state index in [-0.39, 0.29) is 11.1 Å². The molecule has 0 aromatic heterocycles. The second kappa shape index (κ2) is 12.4. The van der Waals surface area contributed by atoms with Crippen molar-refractivity contribution in [3.05, 3.63) is 82.9 Å². The average Bonchev–Trinajstić information content (AvgIpc) is 2.81. The molecule has 0 aliphatic heterocycles. The Hall–Kier alpha value is -3.10. The van der Waals surface area contributed by atoms with Gasteiger partial charge in [-0.2, -0.15) is 0 Å². The predicted molar refractivity (Wildman–Crippen MR) is 140 cm³/mol. The molecule has 0 saturated heterocycles. The molecule has 0 aliphatic rings. The van der Waals surface area contributed by atoms with Gasteiger partial charge >= 0.3 is 11.9 Å². The lowest BCUT2D eigenvalue weighted by Gasteiger charge is -2.16. The largest absolute Gasteiger partial charge is 0.478 e. The first-order chi connectivity index (χ1) is 16.4. The topological polar surface area (TPSA) is 127 Å². The number of carboxylic acids is 2. The number of hydrogen-bond acceptors (Lipinski definition) is 6. The van der Waals surface area contributed by atoms with Gasteiger partial charge in [-0.3, -0.25) is 0 Å². The number of thioether (sulfide) groups is 2. The number of hydrogen-bond donors (Lipinski definition) is 4. The quantitative estimate of drug-likeness (QED) is 0.143. The lowest BCUT2D eigenvalue weighted by Crippen LogP contribution is -2.13. The number of para-hydroxylation sites is 2. The molecular weight excluding hydrogens is 468 g/mol. The number of anilines is 2. The van der Waals surface area contributed by atoms with Crippen LogP contribution in [-0.4, -0.2) is 33.7 Å². The van der Waals surface area contributed by atoms with Crippen molar-refractivity contribution in [1.82, 2.24) is 0 Å². The summed E-state index contributed by atoms with van der Waals surface area (Å²) in [5.74, 6) is -0.598. The minimum atomic E-state index is -1.04. The van der Waals surface area contributed by atoms with Gasteiger partial charge in [0.1, 0.15) is 0 Å². The highest BCUT2D eigenvalue weighted by molar-refractivity contribution is 7.99. The monoisotopic (exact) mass is 496 g/mol. The summed E-state index contributed by atoms with van der Waals surface area (Å²) in [6, 6.07) is 18.0. The summed E-state index contributed by atoms with van der Waals surface area (Å²) in [6.07, 6.45) is 2.36. The lowest BCUT2D eigenvalue weighted by molar-refractivity contribution is 0.0679. The zero-order valence-electron chi connectivity index (χ0n) is 18.7. The molecule has 0 bridgehead atoms. The van der Waals surface area contributed by atoms with E-state index in [9.17, 15) is 19.8 Å². The summed E-state index contributed by atoms with van der Waals surface area (Å²) >= 11 is 3.23. The molecule has 6 N–H and O–H groups in total. The molecule has 0 saturated carbocycles. The molecule has 34 heavy (non-hydrogen) atoms. The van der Waals surface area contributed by atoms with E-state index in [1.54, 1.807) is 23.5 Å². The van der Waals surface area contributed by atoms with Crippen molar-refractivity contribution in [2.45, 2.75) is 35.5 Å². The molecule has 0 atom stereocenters. The van der Waals surface area contributed by atoms with E-state index in [1.807, 2.05) is 48.5 Å². The summed E-state index contributed by atoms with van der Waals surface area (Å²) in [5.41, 5.74) is 15.0. The Balaban J connectivity index is 1.73. The maximum absolute atomic E-state index is 11.9. The lowest BCUT2D eigenvalue weighted by atomic mass is 9.90. The predicted octanol–water partition coefficient (Wildman–Crippen LogP) is 5.70. The van der Waals surface area contributed by atoms with E-state index in [1.165, 1.54) is 12.1 Å². The van der Waals surface area contributed by atoms with Gasteiger partial charge in [0.25, 0.3) is 0 Å². The van der Waals surface area contributed by atoms with Crippen LogP contribution in [0.15, 0.2) is 70.5 Å². The van der Waals surface area contributed by atoms with Crippen LogP contribution in [0.2, 0.25) is 0 Å². The second-order valence-corrected chi connectivity index (χ2v) is 9.98. The number of nitrogens with two attached hydrogens (primary N) is 2. The van der Waals surface area contributed by atoms with E-state index < -0.39 is 11.9 Å². The van der Waals surface area contributed by atoms with E-state index in [4.69, 9.17) is 11.5 Å². The van der Waals surface area contributed by atoms with Crippen molar-refractivity contribution < 1.29 is 19.8 Å². The maximum atomic E-state index is 11.9. The number of benzene rings is 3. The Labute approximate surface area is 207 Å². The third-order valence-electron chi connectivity index (χ3n) is 5.39. The Bertz CT molecular complexity index is 1080. The van der Waals surface area contributed by atoms with Crippen molar-refractivity contribution in [2.24, 2.45) is 0 Å². The summed E-state index contributed by atoms with van der Waals surface area (Å²) in [6.45, 7) is 0. The van der Waals surface area contributed by atoms with Crippen LogP contribution >= 0.6 is 23.5 Å². The fourth-order valence-electron chi connectivity index (χ4n) is 3.75. The number of carboxylic acid groups (broad SMARTS) is 2. The SMILES string of the molecule is Nc1ccccc1SCCCc1c(C(=O)O)ccc(C(=O)O)c1CCCSc1ccccc1N. The molecule has 178 valence electrons. The van der Waals surface area contributed by atoms with Crippen molar-refractivity contribution in [3.8, 4) is 0 Å². The molecule has 0 fully saturated rings. The van der Waals surface area contributed by atoms with E-state index >= 15 is 0 Å². The molecule has 3 aromatic carbocycles. The molecule has 3 aromatic rings. The van der Waals surface area contributed by atoms with Crippen molar-refractivity contribution in [3.63, 3.8) is 0 Å².